The molecular weight excluding hydrogens is 368 g/mol. The third-order valence-electron chi connectivity index (χ3n) is 4.99. The quantitative estimate of drug-likeness (QED) is 0.353. The zero-order valence-electron chi connectivity index (χ0n) is 19.2. The summed E-state index contributed by atoms with van der Waals surface area (Å²) in [6.45, 7) is 10.9. The molecule has 1 heterocycles. The number of aromatic nitrogens is 2. The molecule has 1 aromatic heterocycles. The molecule has 0 unspecified atom stereocenters. The van der Waals surface area contributed by atoms with E-state index < -0.39 is 0 Å². The van der Waals surface area contributed by atoms with E-state index in [0.717, 1.165) is 37.7 Å². The molecule has 0 saturated heterocycles. The summed E-state index contributed by atoms with van der Waals surface area (Å²) in [6, 6.07) is 9.86. The zero-order valence-corrected chi connectivity index (χ0v) is 19.2. The number of allylic oxidation sites excluding steroid dienone is 7. The molecule has 3 nitrogen and oxygen atoms in total. The molecule has 2 rings (SSSR count). The van der Waals surface area contributed by atoms with Crippen LogP contribution in [0.25, 0.3) is 17.5 Å². The van der Waals surface area contributed by atoms with Gasteiger partial charge in [0.25, 0.3) is 0 Å². The summed E-state index contributed by atoms with van der Waals surface area (Å²) in [5, 5.41) is 8.29. The molecule has 1 aromatic carbocycles. The highest BCUT2D eigenvalue weighted by Crippen LogP contribution is 2.19. The summed E-state index contributed by atoms with van der Waals surface area (Å²) in [6.07, 6.45) is 15.7. The fourth-order valence-electron chi connectivity index (χ4n) is 3.16. The van der Waals surface area contributed by atoms with Gasteiger partial charge in [-0.05, 0) is 85.3 Å². The average Bonchev–Trinajstić information content (AvgIpc) is 3.17. The average molecular weight is 405 g/mol. The minimum atomic E-state index is 0.564. The molecule has 3 heteroatoms. The van der Waals surface area contributed by atoms with E-state index in [9.17, 15) is 0 Å². The van der Waals surface area contributed by atoms with E-state index in [4.69, 9.17) is 4.42 Å². The van der Waals surface area contributed by atoms with Crippen molar-refractivity contribution in [1.82, 2.24) is 10.2 Å². The van der Waals surface area contributed by atoms with Crippen LogP contribution in [-0.4, -0.2) is 10.2 Å². The summed E-state index contributed by atoms with van der Waals surface area (Å²) in [7, 11) is 0. The number of nitrogens with zero attached hydrogens (tertiary/aromatic N) is 2. The van der Waals surface area contributed by atoms with Gasteiger partial charge in [-0.2, -0.15) is 0 Å². The Morgan fingerprint density at radius 3 is 1.90 bits per heavy atom. The van der Waals surface area contributed by atoms with Crippen LogP contribution in [0, 0.1) is 0 Å². The number of hydrogen-bond donors (Lipinski definition) is 0. The molecule has 0 N–H and O–H groups in total. The number of hydrogen-bond acceptors (Lipinski definition) is 3. The van der Waals surface area contributed by atoms with Gasteiger partial charge in [0.1, 0.15) is 0 Å². The maximum atomic E-state index is 5.76. The molecule has 2 aromatic rings. The van der Waals surface area contributed by atoms with E-state index in [-0.39, 0.29) is 0 Å². The summed E-state index contributed by atoms with van der Waals surface area (Å²) in [4.78, 5) is 0. The molecule has 0 amide bonds. The van der Waals surface area contributed by atoms with Crippen LogP contribution in [0.4, 0.5) is 0 Å². The lowest BCUT2D eigenvalue weighted by Gasteiger charge is -2.02. The molecule has 0 radical (unpaired) electrons. The molecule has 0 aliphatic rings. The Labute approximate surface area is 182 Å². The molecule has 0 saturated carbocycles. The summed E-state index contributed by atoms with van der Waals surface area (Å²) in [5.74, 6) is 1.13. The second kappa shape index (κ2) is 12.8. The van der Waals surface area contributed by atoms with E-state index in [1.807, 2.05) is 36.4 Å². The van der Waals surface area contributed by atoms with E-state index in [1.54, 1.807) is 0 Å². The van der Waals surface area contributed by atoms with Gasteiger partial charge in [-0.1, -0.05) is 58.7 Å². The summed E-state index contributed by atoms with van der Waals surface area (Å²) >= 11 is 0. The first-order valence-corrected chi connectivity index (χ1v) is 10.9. The van der Waals surface area contributed by atoms with Gasteiger partial charge in [0, 0.05) is 11.6 Å². The van der Waals surface area contributed by atoms with E-state index in [1.165, 1.54) is 28.7 Å². The van der Waals surface area contributed by atoms with Crippen molar-refractivity contribution in [3.05, 3.63) is 76.7 Å². The highest BCUT2D eigenvalue weighted by Gasteiger charge is 2.06. The first-order chi connectivity index (χ1) is 14.4. The lowest BCUT2D eigenvalue weighted by molar-refractivity contribution is 0.557. The molecule has 0 atom stereocenters. The van der Waals surface area contributed by atoms with Crippen LogP contribution in [0.15, 0.2) is 75.3 Å². The van der Waals surface area contributed by atoms with E-state index in [2.05, 4.69) is 63.0 Å². The Balaban J connectivity index is 1.75. The Kier molecular flexibility index (Phi) is 10.1. The lowest BCUT2D eigenvalue weighted by Crippen LogP contribution is -1.82. The van der Waals surface area contributed by atoms with Crippen molar-refractivity contribution in [2.24, 2.45) is 0 Å². The Bertz CT molecular complexity index is 894. The minimum absolute atomic E-state index is 0.564. The summed E-state index contributed by atoms with van der Waals surface area (Å²) < 4.78 is 5.76. The maximum Gasteiger partial charge on any atom is 0.248 e. The van der Waals surface area contributed by atoms with Crippen molar-refractivity contribution in [3.63, 3.8) is 0 Å². The second-order valence-electron chi connectivity index (χ2n) is 8.30. The Hall–Kier alpha value is -2.68. The molecule has 0 fully saturated rings. The molecule has 30 heavy (non-hydrogen) atoms. The van der Waals surface area contributed by atoms with Crippen molar-refractivity contribution in [1.29, 1.82) is 0 Å². The van der Waals surface area contributed by atoms with Crippen molar-refractivity contribution in [2.45, 2.75) is 73.1 Å². The van der Waals surface area contributed by atoms with Crippen LogP contribution in [0.5, 0.6) is 0 Å². The van der Waals surface area contributed by atoms with Gasteiger partial charge < -0.3 is 4.42 Å². The standard InChI is InChI=1S/C27H36N2O/c1-21(2)12-9-13-22(3)14-10-15-23(4)16-11-17-24(5)20-26-28-29-27(30-26)25-18-7-6-8-19-25/h6-8,12,14,16,18-20H,9-11,13,15,17H2,1-5H3/b22-14+,23-16+,24-20+. The fourth-order valence-corrected chi connectivity index (χ4v) is 3.16. The van der Waals surface area contributed by atoms with Gasteiger partial charge in [-0.3, -0.25) is 0 Å². The van der Waals surface area contributed by atoms with Crippen LogP contribution < -0.4 is 0 Å². The van der Waals surface area contributed by atoms with Gasteiger partial charge in [-0.25, -0.2) is 0 Å². The van der Waals surface area contributed by atoms with Gasteiger partial charge in [0.15, 0.2) is 0 Å². The van der Waals surface area contributed by atoms with Gasteiger partial charge in [0.2, 0.25) is 11.8 Å². The predicted molar refractivity (Wildman–Crippen MR) is 128 cm³/mol. The third kappa shape index (κ3) is 9.21. The molecule has 160 valence electrons. The van der Waals surface area contributed by atoms with Crippen LogP contribution in [0.2, 0.25) is 0 Å². The molecular formula is C27H36N2O. The number of rotatable bonds is 11. The van der Waals surface area contributed by atoms with Crippen molar-refractivity contribution >= 4 is 6.08 Å². The van der Waals surface area contributed by atoms with Gasteiger partial charge >= 0.3 is 0 Å². The second-order valence-corrected chi connectivity index (χ2v) is 8.30. The Morgan fingerprint density at radius 2 is 1.30 bits per heavy atom. The zero-order chi connectivity index (χ0) is 21.8. The lowest BCUT2D eigenvalue weighted by atomic mass is 10.0. The fraction of sp³-hybridized carbons (Fsp3) is 0.407. The van der Waals surface area contributed by atoms with Crippen LogP contribution in [-0.2, 0) is 0 Å². The van der Waals surface area contributed by atoms with Crippen molar-refractivity contribution in [3.8, 4) is 11.5 Å². The van der Waals surface area contributed by atoms with E-state index >= 15 is 0 Å². The molecule has 0 aliphatic heterocycles. The first kappa shape index (κ1) is 23.6. The SMILES string of the molecule is CC(C)=CCC/C(C)=C/CC/C(C)=C/CC/C(C)=C/c1nnc(-c2ccccc2)o1. The smallest absolute Gasteiger partial charge is 0.248 e. The maximum absolute atomic E-state index is 5.76. The largest absolute Gasteiger partial charge is 0.417 e. The van der Waals surface area contributed by atoms with Gasteiger partial charge in [-0.15, -0.1) is 10.2 Å². The van der Waals surface area contributed by atoms with Crippen LogP contribution in [0.1, 0.15) is 79.0 Å². The predicted octanol–water partition coefficient (Wildman–Crippen LogP) is 8.34. The Morgan fingerprint density at radius 1 is 0.733 bits per heavy atom. The molecule has 0 aliphatic carbocycles. The van der Waals surface area contributed by atoms with E-state index in [0.29, 0.717) is 11.8 Å². The van der Waals surface area contributed by atoms with Crippen LogP contribution >= 0.6 is 0 Å². The molecule has 0 spiro atoms. The first-order valence-electron chi connectivity index (χ1n) is 10.9. The van der Waals surface area contributed by atoms with Gasteiger partial charge in [0.05, 0.1) is 0 Å². The van der Waals surface area contributed by atoms with Crippen molar-refractivity contribution in [2.75, 3.05) is 0 Å². The number of benzene rings is 1. The monoisotopic (exact) mass is 404 g/mol. The topological polar surface area (TPSA) is 38.9 Å². The molecule has 0 bridgehead atoms. The van der Waals surface area contributed by atoms with Crippen LogP contribution in [0.3, 0.4) is 0 Å². The third-order valence-corrected chi connectivity index (χ3v) is 4.99. The summed E-state index contributed by atoms with van der Waals surface area (Å²) in [5.41, 5.74) is 6.55. The highest BCUT2D eigenvalue weighted by atomic mass is 16.4. The van der Waals surface area contributed by atoms with Crippen molar-refractivity contribution < 1.29 is 4.42 Å². The minimum Gasteiger partial charge on any atom is -0.417 e. The highest BCUT2D eigenvalue weighted by molar-refractivity contribution is 5.53. The normalized spacial score (nSPS) is 12.9.